The lowest BCUT2D eigenvalue weighted by atomic mass is 10.1. The molecule has 0 N–H and O–H groups in total. The summed E-state index contributed by atoms with van der Waals surface area (Å²) in [5, 5.41) is 4.30. The van der Waals surface area contributed by atoms with Crippen molar-refractivity contribution in [1.29, 1.82) is 0 Å². The van der Waals surface area contributed by atoms with Gasteiger partial charge in [0.15, 0.2) is 5.65 Å². The topological polar surface area (TPSA) is 81.9 Å². The molecule has 1 aromatic carbocycles. The van der Waals surface area contributed by atoms with Gasteiger partial charge in [-0.2, -0.15) is 10.1 Å². The van der Waals surface area contributed by atoms with Crippen molar-refractivity contribution in [2.24, 2.45) is 13.0 Å². The Morgan fingerprint density at radius 1 is 1.00 bits per heavy atom. The SMILES string of the molecule is Cc1nc2nc(N3C[C@@H](c4cnn(C)c4)O[C@H](C4CC4)C3)nc(-c3ccc(F)cc3F)c2nc1C. The molecule has 2 atom stereocenters. The number of aromatic nitrogens is 6. The average Bonchev–Trinajstić information content (AvgIpc) is 3.59. The number of anilines is 1. The van der Waals surface area contributed by atoms with E-state index in [0.29, 0.717) is 47.5 Å². The van der Waals surface area contributed by atoms with Crippen LogP contribution in [0.25, 0.3) is 22.4 Å². The van der Waals surface area contributed by atoms with Crippen LogP contribution in [0.4, 0.5) is 14.7 Å². The molecular weight excluding hydrogens is 452 g/mol. The average molecular weight is 478 g/mol. The van der Waals surface area contributed by atoms with Crippen LogP contribution in [0, 0.1) is 31.4 Å². The molecule has 0 amide bonds. The number of aryl methyl sites for hydroxylation is 3. The Labute approximate surface area is 201 Å². The fourth-order valence-electron chi connectivity index (χ4n) is 4.58. The molecule has 180 valence electrons. The number of halogens is 2. The Balaban J connectivity index is 1.48. The minimum Gasteiger partial charge on any atom is -0.366 e. The number of rotatable bonds is 4. The van der Waals surface area contributed by atoms with Gasteiger partial charge in [0.05, 0.1) is 30.2 Å². The van der Waals surface area contributed by atoms with Crippen molar-refractivity contribution in [3.63, 3.8) is 0 Å². The Kier molecular flexibility index (Phi) is 5.21. The number of fused-ring (bicyclic) bond motifs is 1. The first kappa shape index (κ1) is 22.0. The van der Waals surface area contributed by atoms with E-state index in [1.165, 1.54) is 12.1 Å². The molecule has 1 aliphatic heterocycles. The quantitative estimate of drug-likeness (QED) is 0.438. The van der Waals surface area contributed by atoms with Crippen LogP contribution in [0.3, 0.4) is 0 Å². The molecule has 0 bridgehead atoms. The first-order chi connectivity index (χ1) is 16.9. The van der Waals surface area contributed by atoms with E-state index < -0.39 is 11.6 Å². The summed E-state index contributed by atoms with van der Waals surface area (Å²) in [5.74, 6) is -0.433. The minimum atomic E-state index is -0.706. The molecule has 10 heteroatoms. The molecule has 8 nitrogen and oxygen atoms in total. The zero-order valence-electron chi connectivity index (χ0n) is 19.7. The van der Waals surface area contributed by atoms with E-state index in [1.807, 2.05) is 33.3 Å². The van der Waals surface area contributed by atoms with Crippen LogP contribution in [0.2, 0.25) is 0 Å². The van der Waals surface area contributed by atoms with Gasteiger partial charge in [-0.1, -0.05) is 0 Å². The monoisotopic (exact) mass is 477 g/mol. The van der Waals surface area contributed by atoms with Crippen LogP contribution >= 0.6 is 0 Å². The van der Waals surface area contributed by atoms with Gasteiger partial charge in [0.1, 0.15) is 28.9 Å². The second-order valence-corrected chi connectivity index (χ2v) is 9.42. The summed E-state index contributed by atoms with van der Waals surface area (Å²) in [6.45, 7) is 4.83. The molecule has 1 saturated heterocycles. The highest BCUT2D eigenvalue weighted by Crippen LogP contribution is 2.40. The Morgan fingerprint density at radius 2 is 1.80 bits per heavy atom. The van der Waals surface area contributed by atoms with E-state index in [2.05, 4.69) is 20.0 Å². The molecule has 4 heterocycles. The van der Waals surface area contributed by atoms with E-state index in [9.17, 15) is 8.78 Å². The highest BCUT2D eigenvalue weighted by atomic mass is 19.1. The van der Waals surface area contributed by atoms with Crippen LogP contribution in [-0.4, -0.2) is 48.9 Å². The zero-order valence-corrected chi connectivity index (χ0v) is 19.7. The Morgan fingerprint density at radius 3 is 2.51 bits per heavy atom. The third kappa shape index (κ3) is 4.12. The normalized spacial score (nSPS) is 20.5. The maximum absolute atomic E-state index is 14.9. The summed E-state index contributed by atoms with van der Waals surface area (Å²) in [6, 6.07) is 3.46. The van der Waals surface area contributed by atoms with Gasteiger partial charge in [0.2, 0.25) is 5.95 Å². The number of benzene rings is 1. The zero-order chi connectivity index (χ0) is 24.3. The summed E-state index contributed by atoms with van der Waals surface area (Å²) >= 11 is 0. The first-order valence-corrected chi connectivity index (χ1v) is 11.7. The third-order valence-corrected chi connectivity index (χ3v) is 6.77. The maximum atomic E-state index is 14.9. The number of hydrogen-bond donors (Lipinski definition) is 0. The Bertz CT molecular complexity index is 1440. The second-order valence-electron chi connectivity index (χ2n) is 9.42. The molecule has 35 heavy (non-hydrogen) atoms. The lowest BCUT2D eigenvalue weighted by molar-refractivity contribution is -0.0389. The van der Waals surface area contributed by atoms with Crippen LogP contribution < -0.4 is 4.90 Å². The maximum Gasteiger partial charge on any atom is 0.228 e. The van der Waals surface area contributed by atoms with E-state index in [4.69, 9.17) is 14.7 Å². The van der Waals surface area contributed by atoms with Gasteiger partial charge in [0.25, 0.3) is 0 Å². The molecule has 1 saturated carbocycles. The molecule has 3 aromatic heterocycles. The predicted octanol–water partition coefficient (Wildman–Crippen LogP) is 4.07. The largest absolute Gasteiger partial charge is 0.366 e. The summed E-state index contributed by atoms with van der Waals surface area (Å²) in [7, 11) is 1.88. The van der Waals surface area contributed by atoms with E-state index in [1.54, 1.807) is 4.68 Å². The highest BCUT2D eigenvalue weighted by Gasteiger charge is 2.40. The van der Waals surface area contributed by atoms with Gasteiger partial charge in [-0.3, -0.25) is 4.68 Å². The lowest BCUT2D eigenvalue weighted by Gasteiger charge is -2.38. The third-order valence-electron chi connectivity index (χ3n) is 6.77. The van der Waals surface area contributed by atoms with Crippen LogP contribution in [0.5, 0.6) is 0 Å². The van der Waals surface area contributed by atoms with Gasteiger partial charge in [-0.25, -0.2) is 23.7 Å². The van der Waals surface area contributed by atoms with Crippen molar-refractivity contribution >= 4 is 17.1 Å². The standard InChI is InChI=1S/C25H25F2N7O/c1-13-14(2)30-24-23(29-13)22(18-7-6-17(26)8-19(18)27)31-25(32-24)34-11-20(15-4-5-15)35-21(12-34)16-9-28-33(3)10-16/h6-10,15,20-21H,4-5,11-12H2,1-3H3/t20-,21-/m0/s1. The smallest absolute Gasteiger partial charge is 0.228 e. The molecular formula is C25H25F2N7O. The summed E-state index contributed by atoms with van der Waals surface area (Å²) in [4.78, 5) is 20.8. The first-order valence-electron chi connectivity index (χ1n) is 11.7. The number of morpholine rings is 1. The molecule has 0 spiro atoms. The van der Waals surface area contributed by atoms with Crippen molar-refractivity contribution in [1.82, 2.24) is 29.7 Å². The predicted molar refractivity (Wildman–Crippen MR) is 126 cm³/mol. The number of hydrogen-bond acceptors (Lipinski definition) is 7. The molecule has 4 aromatic rings. The van der Waals surface area contributed by atoms with Crippen LogP contribution in [0.15, 0.2) is 30.6 Å². The van der Waals surface area contributed by atoms with Crippen molar-refractivity contribution in [3.8, 4) is 11.3 Å². The number of ether oxygens (including phenoxy) is 1. The van der Waals surface area contributed by atoms with Gasteiger partial charge < -0.3 is 9.64 Å². The van der Waals surface area contributed by atoms with E-state index in [-0.39, 0.29) is 17.8 Å². The van der Waals surface area contributed by atoms with E-state index >= 15 is 0 Å². The van der Waals surface area contributed by atoms with Crippen LogP contribution in [0.1, 0.15) is 35.9 Å². The molecule has 6 rings (SSSR count). The second kappa shape index (κ2) is 8.30. The highest BCUT2D eigenvalue weighted by molar-refractivity contribution is 5.88. The van der Waals surface area contributed by atoms with Crippen molar-refractivity contribution < 1.29 is 13.5 Å². The fourth-order valence-corrected chi connectivity index (χ4v) is 4.58. The van der Waals surface area contributed by atoms with Gasteiger partial charge >= 0.3 is 0 Å². The lowest BCUT2D eigenvalue weighted by Crippen LogP contribution is -2.45. The van der Waals surface area contributed by atoms with Crippen molar-refractivity contribution in [2.75, 3.05) is 18.0 Å². The summed E-state index contributed by atoms with van der Waals surface area (Å²) in [5.41, 5.74) is 3.65. The van der Waals surface area contributed by atoms with Crippen LogP contribution in [-0.2, 0) is 11.8 Å². The Hall–Kier alpha value is -3.53. The van der Waals surface area contributed by atoms with Gasteiger partial charge in [0, 0.05) is 37.0 Å². The fraction of sp³-hybridized carbons (Fsp3) is 0.400. The molecule has 0 radical (unpaired) electrons. The summed E-state index contributed by atoms with van der Waals surface area (Å²) in [6.07, 6.45) is 5.87. The molecule has 0 unspecified atom stereocenters. The van der Waals surface area contributed by atoms with Crippen molar-refractivity contribution in [3.05, 3.63) is 59.2 Å². The van der Waals surface area contributed by atoms with Gasteiger partial charge in [-0.15, -0.1) is 0 Å². The summed E-state index contributed by atoms with van der Waals surface area (Å²) < 4.78 is 36.8. The van der Waals surface area contributed by atoms with Crippen molar-refractivity contribution in [2.45, 2.75) is 38.9 Å². The molecule has 2 fully saturated rings. The van der Waals surface area contributed by atoms with Gasteiger partial charge in [-0.05, 0) is 44.7 Å². The minimum absolute atomic E-state index is 0.0325. The molecule has 1 aliphatic carbocycles. The molecule has 2 aliphatic rings. The van der Waals surface area contributed by atoms with E-state index in [0.717, 1.165) is 30.2 Å². The number of nitrogens with zero attached hydrogens (tertiary/aromatic N) is 7.